The first-order valence-corrected chi connectivity index (χ1v) is 8.80. The lowest BCUT2D eigenvalue weighted by Crippen LogP contribution is -2.01. The van der Waals surface area contributed by atoms with Crippen LogP contribution < -0.4 is 9.47 Å². The summed E-state index contributed by atoms with van der Waals surface area (Å²) in [5, 5.41) is 13.7. The molecule has 6 nitrogen and oxygen atoms in total. The number of halogens is 1. The van der Waals surface area contributed by atoms with Gasteiger partial charge in [-0.05, 0) is 44.7 Å². The first-order chi connectivity index (χ1) is 11.1. The molecule has 0 atom stereocenters. The van der Waals surface area contributed by atoms with E-state index < -0.39 is 0 Å². The Hall–Kier alpha value is -1.73. The molecule has 0 aliphatic heterocycles. The number of thioether (sulfide) groups is 1. The van der Waals surface area contributed by atoms with E-state index in [0.717, 1.165) is 10.7 Å². The number of aromatic nitrogens is 3. The second-order valence-electron chi connectivity index (χ2n) is 4.49. The number of ether oxygens (including phenoxy) is 2. The molecule has 0 amide bonds. The number of benzene rings is 1. The van der Waals surface area contributed by atoms with E-state index in [1.807, 2.05) is 33.1 Å². The Balaban J connectivity index is 2.36. The van der Waals surface area contributed by atoms with Crippen LogP contribution in [0.5, 0.6) is 11.5 Å². The third-order valence-corrected chi connectivity index (χ3v) is 3.79. The van der Waals surface area contributed by atoms with Crippen LogP contribution in [-0.4, -0.2) is 40.6 Å². The number of nitrogens with zero attached hydrogens (tertiary/aromatic N) is 4. The molecule has 1 aromatic carbocycles. The third-order valence-electron chi connectivity index (χ3n) is 2.89. The zero-order chi connectivity index (χ0) is 16.8. The molecule has 0 aliphatic rings. The highest BCUT2D eigenvalue weighted by Crippen LogP contribution is 2.36. The molecule has 0 radical (unpaired) electrons. The molecule has 8 heteroatoms. The minimum absolute atomic E-state index is 0.491. The maximum absolute atomic E-state index is 6.30. The Morgan fingerprint density at radius 1 is 1.26 bits per heavy atom. The van der Waals surface area contributed by atoms with Crippen LogP contribution in [0, 0.1) is 6.92 Å². The average Bonchev–Trinajstić information content (AvgIpc) is 2.89. The van der Waals surface area contributed by atoms with Crippen molar-refractivity contribution in [2.45, 2.75) is 25.9 Å². The second kappa shape index (κ2) is 8.21. The van der Waals surface area contributed by atoms with Crippen molar-refractivity contribution in [3.8, 4) is 11.5 Å². The van der Waals surface area contributed by atoms with E-state index in [1.165, 1.54) is 11.8 Å². The van der Waals surface area contributed by atoms with Crippen LogP contribution in [0.4, 0.5) is 0 Å². The van der Waals surface area contributed by atoms with Gasteiger partial charge in [-0.3, -0.25) is 0 Å². The topological polar surface area (TPSA) is 61.5 Å². The standard InChI is InChI=1S/C15H19ClN4O2S/c1-5-21-13-8-11(7-12(16)14(13)22-6-2)9-17-20-10(3)18-19-15(20)23-4/h7-9H,5-6H2,1-4H3/b17-9-. The Bertz CT molecular complexity index is 703. The Labute approximate surface area is 144 Å². The summed E-state index contributed by atoms with van der Waals surface area (Å²) >= 11 is 7.78. The summed E-state index contributed by atoms with van der Waals surface area (Å²) in [6, 6.07) is 3.64. The largest absolute Gasteiger partial charge is 0.490 e. The maximum Gasteiger partial charge on any atom is 0.211 e. The highest BCUT2D eigenvalue weighted by atomic mass is 35.5. The van der Waals surface area contributed by atoms with Crippen LogP contribution in [0.2, 0.25) is 5.02 Å². The molecule has 2 aromatic rings. The van der Waals surface area contributed by atoms with E-state index in [2.05, 4.69) is 15.3 Å². The van der Waals surface area contributed by atoms with E-state index >= 15 is 0 Å². The lowest BCUT2D eigenvalue weighted by atomic mass is 10.2. The van der Waals surface area contributed by atoms with Crippen LogP contribution in [-0.2, 0) is 0 Å². The summed E-state index contributed by atoms with van der Waals surface area (Å²) < 4.78 is 12.8. The van der Waals surface area contributed by atoms with Gasteiger partial charge in [0.1, 0.15) is 0 Å². The fourth-order valence-electron chi connectivity index (χ4n) is 1.93. The van der Waals surface area contributed by atoms with E-state index in [4.69, 9.17) is 21.1 Å². The van der Waals surface area contributed by atoms with Crippen LogP contribution >= 0.6 is 23.4 Å². The fourth-order valence-corrected chi connectivity index (χ4v) is 2.68. The van der Waals surface area contributed by atoms with Crippen molar-refractivity contribution in [2.24, 2.45) is 5.10 Å². The molecule has 0 bridgehead atoms. The van der Waals surface area contributed by atoms with Crippen LogP contribution in [0.3, 0.4) is 0 Å². The summed E-state index contributed by atoms with van der Waals surface area (Å²) in [4.78, 5) is 0. The molecule has 0 saturated heterocycles. The second-order valence-corrected chi connectivity index (χ2v) is 5.67. The quantitative estimate of drug-likeness (QED) is 0.561. The van der Waals surface area contributed by atoms with Crippen molar-refractivity contribution in [3.63, 3.8) is 0 Å². The lowest BCUT2D eigenvalue weighted by Gasteiger charge is -2.13. The molecule has 1 aromatic heterocycles. The van der Waals surface area contributed by atoms with Crippen molar-refractivity contribution in [1.29, 1.82) is 0 Å². The normalized spacial score (nSPS) is 11.2. The van der Waals surface area contributed by atoms with Crippen molar-refractivity contribution in [1.82, 2.24) is 14.9 Å². The molecular formula is C15H19ClN4O2S. The van der Waals surface area contributed by atoms with Crippen LogP contribution in [0.1, 0.15) is 25.2 Å². The van der Waals surface area contributed by atoms with Gasteiger partial charge in [0.15, 0.2) is 17.3 Å². The van der Waals surface area contributed by atoms with Gasteiger partial charge in [-0.25, -0.2) is 0 Å². The smallest absolute Gasteiger partial charge is 0.211 e. The van der Waals surface area contributed by atoms with Gasteiger partial charge in [0.2, 0.25) is 5.16 Å². The van der Waals surface area contributed by atoms with E-state index in [9.17, 15) is 0 Å². The first kappa shape index (κ1) is 17.6. The molecule has 124 valence electrons. The summed E-state index contributed by atoms with van der Waals surface area (Å²) in [6.45, 7) is 6.71. The van der Waals surface area contributed by atoms with E-state index in [1.54, 1.807) is 17.0 Å². The molecular weight excluding hydrogens is 336 g/mol. The van der Waals surface area contributed by atoms with Gasteiger partial charge < -0.3 is 9.47 Å². The first-order valence-electron chi connectivity index (χ1n) is 7.20. The Morgan fingerprint density at radius 3 is 2.65 bits per heavy atom. The van der Waals surface area contributed by atoms with Gasteiger partial charge in [-0.2, -0.15) is 9.78 Å². The molecule has 0 spiro atoms. The predicted octanol–water partition coefficient (Wildman–Crippen LogP) is 3.64. The molecule has 0 N–H and O–H groups in total. The average molecular weight is 355 g/mol. The monoisotopic (exact) mass is 354 g/mol. The van der Waals surface area contributed by atoms with E-state index in [-0.39, 0.29) is 0 Å². The SMILES string of the molecule is CCOc1cc(/C=N\n2c(C)nnc2SC)cc(Cl)c1OCC. The summed E-state index contributed by atoms with van der Waals surface area (Å²) in [6.07, 6.45) is 3.62. The molecule has 0 saturated carbocycles. The molecule has 23 heavy (non-hydrogen) atoms. The number of rotatable bonds is 7. The summed E-state index contributed by atoms with van der Waals surface area (Å²) in [5.41, 5.74) is 0.807. The highest BCUT2D eigenvalue weighted by Gasteiger charge is 2.12. The predicted molar refractivity (Wildman–Crippen MR) is 93.3 cm³/mol. The Morgan fingerprint density at radius 2 is 2.00 bits per heavy atom. The van der Waals surface area contributed by atoms with Crippen LogP contribution in [0.15, 0.2) is 22.4 Å². The minimum Gasteiger partial charge on any atom is -0.490 e. The summed E-state index contributed by atoms with van der Waals surface area (Å²) in [5.74, 6) is 1.87. The van der Waals surface area contributed by atoms with Gasteiger partial charge in [0, 0.05) is 0 Å². The van der Waals surface area contributed by atoms with Gasteiger partial charge in [-0.15, -0.1) is 10.2 Å². The van der Waals surface area contributed by atoms with Crippen molar-refractivity contribution < 1.29 is 9.47 Å². The maximum atomic E-state index is 6.30. The van der Waals surface area contributed by atoms with Crippen molar-refractivity contribution in [2.75, 3.05) is 19.5 Å². The zero-order valence-electron chi connectivity index (χ0n) is 13.5. The Kier molecular flexibility index (Phi) is 6.29. The number of hydrogen-bond acceptors (Lipinski definition) is 6. The van der Waals surface area contributed by atoms with Gasteiger partial charge >= 0.3 is 0 Å². The zero-order valence-corrected chi connectivity index (χ0v) is 15.1. The molecule has 2 rings (SSSR count). The van der Waals surface area contributed by atoms with Crippen molar-refractivity contribution in [3.05, 3.63) is 28.5 Å². The molecule has 0 aliphatic carbocycles. The van der Waals surface area contributed by atoms with Gasteiger partial charge in [0.05, 0.1) is 24.5 Å². The van der Waals surface area contributed by atoms with Gasteiger partial charge in [0.25, 0.3) is 0 Å². The number of hydrogen-bond donors (Lipinski definition) is 0. The minimum atomic E-state index is 0.491. The van der Waals surface area contributed by atoms with E-state index in [0.29, 0.717) is 35.6 Å². The molecule has 0 fully saturated rings. The highest BCUT2D eigenvalue weighted by molar-refractivity contribution is 7.98. The summed E-state index contributed by atoms with van der Waals surface area (Å²) in [7, 11) is 0. The molecule has 1 heterocycles. The van der Waals surface area contributed by atoms with Gasteiger partial charge in [-0.1, -0.05) is 23.4 Å². The molecule has 0 unspecified atom stereocenters. The third kappa shape index (κ3) is 4.17. The van der Waals surface area contributed by atoms with Crippen LogP contribution in [0.25, 0.3) is 0 Å². The number of aryl methyl sites for hydroxylation is 1. The lowest BCUT2D eigenvalue weighted by molar-refractivity contribution is 0.288. The fraction of sp³-hybridized carbons (Fsp3) is 0.400. The van der Waals surface area contributed by atoms with Crippen molar-refractivity contribution >= 4 is 29.6 Å².